The van der Waals surface area contributed by atoms with E-state index in [2.05, 4.69) is 10.1 Å². The van der Waals surface area contributed by atoms with Gasteiger partial charge in [-0.05, 0) is 37.6 Å². The van der Waals surface area contributed by atoms with Gasteiger partial charge < -0.3 is 15.0 Å². The minimum absolute atomic E-state index is 0.159. The molecule has 0 unspecified atom stereocenters. The molecular formula is C13H16FN3O2. The van der Waals surface area contributed by atoms with Gasteiger partial charge in [0.15, 0.2) is 11.6 Å². The second-order valence-electron chi connectivity index (χ2n) is 4.11. The summed E-state index contributed by atoms with van der Waals surface area (Å²) < 4.78 is 23.3. The summed E-state index contributed by atoms with van der Waals surface area (Å²) in [5.74, 6) is 0.734. The highest BCUT2D eigenvalue weighted by Crippen LogP contribution is 2.24. The standard InChI is InChI=1S/C13H16FN3O2/c1-18-11-8-9(5-6-10(11)14)13-16-12(19-17-13)4-2-3-7-15/h5-6,8H,2-4,7,15H2,1H3. The van der Waals surface area contributed by atoms with Gasteiger partial charge in [0, 0.05) is 12.0 Å². The van der Waals surface area contributed by atoms with E-state index in [9.17, 15) is 4.39 Å². The predicted molar refractivity (Wildman–Crippen MR) is 68.2 cm³/mol. The van der Waals surface area contributed by atoms with Crippen LogP contribution in [0.25, 0.3) is 11.4 Å². The van der Waals surface area contributed by atoms with Gasteiger partial charge >= 0.3 is 0 Å². The first-order chi connectivity index (χ1) is 9.24. The Morgan fingerprint density at radius 3 is 2.95 bits per heavy atom. The van der Waals surface area contributed by atoms with Crippen molar-refractivity contribution < 1.29 is 13.7 Å². The fourth-order valence-electron chi connectivity index (χ4n) is 1.69. The van der Waals surface area contributed by atoms with Gasteiger partial charge in [-0.2, -0.15) is 4.98 Å². The van der Waals surface area contributed by atoms with Crippen LogP contribution in [0.3, 0.4) is 0 Å². The van der Waals surface area contributed by atoms with Crippen molar-refractivity contribution in [2.75, 3.05) is 13.7 Å². The number of nitrogens with zero attached hydrogens (tertiary/aromatic N) is 2. The van der Waals surface area contributed by atoms with Crippen LogP contribution in [0.4, 0.5) is 4.39 Å². The molecule has 1 aromatic carbocycles. The molecule has 1 aromatic heterocycles. The average Bonchev–Trinajstić information content (AvgIpc) is 2.88. The minimum Gasteiger partial charge on any atom is -0.494 e. The molecule has 0 fully saturated rings. The lowest BCUT2D eigenvalue weighted by atomic mass is 10.2. The third-order valence-corrected chi connectivity index (χ3v) is 2.72. The quantitative estimate of drug-likeness (QED) is 0.810. The maximum atomic E-state index is 13.3. The number of hydrogen-bond acceptors (Lipinski definition) is 5. The van der Waals surface area contributed by atoms with Crippen molar-refractivity contribution in [3.8, 4) is 17.1 Å². The lowest BCUT2D eigenvalue weighted by molar-refractivity contribution is 0.375. The zero-order chi connectivity index (χ0) is 13.7. The van der Waals surface area contributed by atoms with E-state index in [1.165, 1.54) is 13.2 Å². The first-order valence-corrected chi connectivity index (χ1v) is 6.11. The Bertz CT molecular complexity index is 542. The fraction of sp³-hybridized carbons (Fsp3) is 0.385. The Labute approximate surface area is 110 Å². The molecule has 0 aliphatic rings. The van der Waals surface area contributed by atoms with Crippen molar-refractivity contribution in [2.24, 2.45) is 5.73 Å². The fourth-order valence-corrected chi connectivity index (χ4v) is 1.69. The van der Waals surface area contributed by atoms with Gasteiger partial charge in [-0.3, -0.25) is 0 Å². The molecule has 5 nitrogen and oxygen atoms in total. The zero-order valence-corrected chi connectivity index (χ0v) is 10.7. The van der Waals surface area contributed by atoms with Gasteiger partial charge in [0.1, 0.15) is 0 Å². The molecule has 6 heteroatoms. The van der Waals surface area contributed by atoms with Gasteiger partial charge in [0.05, 0.1) is 7.11 Å². The van der Waals surface area contributed by atoms with E-state index >= 15 is 0 Å². The predicted octanol–water partition coefficient (Wildman–Crippen LogP) is 2.17. The summed E-state index contributed by atoms with van der Waals surface area (Å²) in [7, 11) is 1.41. The Morgan fingerprint density at radius 1 is 1.37 bits per heavy atom. The molecule has 0 bridgehead atoms. The van der Waals surface area contributed by atoms with Crippen LogP contribution in [0.2, 0.25) is 0 Å². The number of rotatable bonds is 6. The average molecular weight is 265 g/mol. The van der Waals surface area contributed by atoms with Crippen molar-refractivity contribution in [2.45, 2.75) is 19.3 Å². The van der Waals surface area contributed by atoms with E-state index in [0.717, 1.165) is 12.8 Å². The van der Waals surface area contributed by atoms with Crippen LogP contribution in [-0.4, -0.2) is 23.8 Å². The lowest BCUT2D eigenvalue weighted by Crippen LogP contribution is -1.99. The Hall–Kier alpha value is -1.95. The minimum atomic E-state index is -0.419. The van der Waals surface area contributed by atoms with Crippen molar-refractivity contribution >= 4 is 0 Å². The molecule has 0 atom stereocenters. The first kappa shape index (κ1) is 13.5. The molecular weight excluding hydrogens is 249 g/mol. The summed E-state index contributed by atoms with van der Waals surface area (Å²) in [5, 5.41) is 3.87. The maximum absolute atomic E-state index is 13.3. The smallest absolute Gasteiger partial charge is 0.226 e. The number of unbranched alkanes of at least 4 members (excludes halogenated alkanes) is 1. The summed E-state index contributed by atoms with van der Waals surface area (Å²) in [6.07, 6.45) is 2.52. The molecule has 0 saturated heterocycles. The van der Waals surface area contributed by atoms with Gasteiger partial charge in [0.2, 0.25) is 11.7 Å². The highest BCUT2D eigenvalue weighted by molar-refractivity contribution is 5.57. The molecule has 2 aromatic rings. The second-order valence-corrected chi connectivity index (χ2v) is 4.11. The summed E-state index contributed by atoms with van der Waals surface area (Å²) >= 11 is 0. The molecule has 2 N–H and O–H groups in total. The molecule has 1 heterocycles. The van der Waals surface area contributed by atoms with Crippen LogP contribution in [0.5, 0.6) is 5.75 Å². The molecule has 19 heavy (non-hydrogen) atoms. The van der Waals surface area contributed by atoms with Crippen LogP contribution in [0.15, 0.2) is 22.7 Å². The zero-order valence-electron chi connectivity index (χ0n) is 10.7. The number of methoxy groups -OCH3 is 1. The number of aromatic nitrogens is 2. The van der Waals surface area contributed by atoms with E-state index in [-0.39, 0.29) is 5.75 Å². The van der Waals surface area contributed by atoms with E-state index in [1.807, 2.05) is 0 Å². The molecule has 0 aliphatic carbocycles. The molecule has 0 radical (unpaired) electrons. The topological polar surface area (TPSA) is 74.2 Å². The number of benzene rings is 1. The van der Waals surface area contributed by atoms with E-state index < -0.39 is 5.82 Å². The summed E-state index contributed by atoms with van der Waals surface area (Å²) in [6.45, 7) is 0.649. The Morgan fingerprint density at radius 2 is 2.21 bits per heavy atom. The van der Waals surface area contributed by atoms with Gasteiger partial charge in [-0.25, -0.2) is 4.39 Å². The molecule has 0 amide bonds. The highest BCUT2D eigenvalue weighted by atomic mass is 19.1. The third-order valence-electron chi connectivity index (χ3n) is 2.72. The molecule has 0 aliphatic heterocycles. The van der Waals surface area contributed by atoms with E-state index in [0.29, 0.717) is 30.2 Å². The van der Waals surface area contributed by atoms with Crippen LogP contribution < -0.4 is 10.5 Å². The number of ether oxygens (including phenoxy) is 1. The molecule has 102 valence electrons. The van der Waals surface area contributed by atoms with E-state index in [1.54, 1.807) is 12.1 Å². The van der Waals surface area contributed by atoms with Crippen LogP contribution in [0.1, 0.15) is 18.7 Å². The van der Waals surface area contributed by atoms with Crippen LogP contribution >= 0.6 is 0 Å². The summed E-state index contributed by atoms with van der Waals surface area (Å²) in [6, 6.07) is 4.45. The monoisotopic (exact) mass is 265 g/mol. The molecule has 2 rings (SSSR count). The van der Waals surface area contributed by atoms with Crippen LogP contribution in [0, 0.1) is 5.82 Å². The van der Waals surface area contributed by atoms with Gasteiger partial charge in [-0.1, -0.05) is 5.16 Å². The number of nitrogens with two attached hydrogens (primary N) is 1. The number of aryl methyl sites for hydroxylation is 1. The second kappa shape index (κ2) is 6.29. The number of halogens is 1. The molecule has 0 saturated carbocycles. The van der Waals surface area contributed by atoms with Crippen LogP contribution in [-0.2, 0) is 6.42 Å². The van der Waals surface area contributed by atoms with Crippen molar-refractivity contribution in [3.63, 3.8) is 0 Å². The largest absolute Gasteiger partial charge is 0.494 e. The summed E-state index contributed by atoms with van der Waals surface area (Å²) in [4.78, 5) is 4.26. The maximum Gasteiger partial charge on any atom is 0.226 e. The lowest BCUT2D eigenvalue weighted by Gasteiger charge is -2.02. The Kier molecular flexibility index (Phi) is 4.46. The van der Waals surface area contributed by atoms with Crippen molar-refractivity contribution in [1.29, 1.82) is 0 Å². The molecule has 0 spiro atoms. The van der Waals surface area contributed by atoms with Crippen molar-refractivity contribution in [3.05, 3.63) is 29.9 Å². The number of hydrogen-bond donors (Lipinski definition) is 1. The third kappa shape index (κ3) is 3.29. The van der Waals surface area contributed by atoms with Gasteiger partial charge in [-0.15, -0.1) is 0 Å². The highest BCUT2D eigenvalue weighted by Gasteiger charge is 2.11. The first-order valence-electron chi connectivity index (χ1n) is 6.11. The SMILES string of the molecule is COc1cc(-c2noc(CCCCN)n2)ccc1F. The normalized spacial score (nSPS) is 10.7. The van der Waals surface area contributed by atoms with Crippen molar-refractivity contribution in [1.82, 2.24) is 10.1 Å². The van der Waals surface area contributed by atoms with E-state index in [4.69, 9.17) is 15.0 Å². The Balaban J connectivity index is 2.13. The summed E-state index contributed by atoms with van der Waals surface area (Å²) in [5.41, 5.74) is 6.08. The van der Waals surface area contributed by atoms with Gasteiger partial charge in [0.25, 0.3) is 0 Å².